The zero-order valence-electron chi connectivity index (χ0n) is 17.3. The molecule has 0 bridgehead atoms. The molecule has 0 aliphatic heterocycles. The SMILES string of the molecule is CNS(=O)(=O)c1cccc(Nc2cc(Nc3ccc(C#N)cc3)ncn2)c1.O=C(O)C(F)(F)F. The van der Waals surface area contributed by atoms with E-state index in [9.17, 15) is 21.6 Å². The summed E-state index contributed by atoms with van der Waals surface area (Å²) in [6.45, 7) is 0. The molecule has 10 nitrogen and oxygen atoms in total. The van der Waals surface area contributed by atoms with E-state index in [-0.39, 0.29) is 4.90 Å². The third kappa shape index (κ3) is 7.73. The lowest BCUT2D eigenvalue weighted by molar-refractivity contribution is -0.192. The van der Waals surface area contributed by atoms with E-state index in [0.717, 1.165) is 5.69 Å². The first kappa shape index (κ1) is 26.0. The Morgan fingerprint density at radius 3 is 2.06 bits per heavy atom. The Morgan fingerprint density at radius 2 is 1.56 bits per heavy atom. The van der Waals surface area contributed by atoms with Crippen LogP contribution in [0.15, 0.2) is 65.8 Å². The van der Waals surface area contributed by atoms with Gasteiger partial charge in [-0.15, -0.1) is 0 Å². The second-order valence-corrected chi connectivity index (χ2v) is 8.15. The van der Waals surface area contributed by atoms with E-state index in [2.05, 4.69) is 31.4 Å². The van der Waals surface area contributed by atoms with Crippen molar-refractivity contribution in [2.45, 2.75) is 11.1 Å². The fraction of sp³-hybridized carbons (Fsp3) is 0.100. The van der Waals surface area contributed by atoms with E-state index >= 15 is 0 Å². The van der Waals surface area contributed by atoms with Gasteiger partial charge in [-0.1, -0.05) is 6.07 Å². The molecule has 0 aliphatic carbocycles. The maximum atomic E-state index is 11.9. The van der Waals surface area contributed by atoms with Crippen molar-refractivity contribution in [1.82, 2.24) is 14.7 Å². The van der Waals surface area contributed by atoms with Crippen LogP contribution in [0.3, 0.4) is 0 Å². The van der Waals surface area contributed by atoms with Crippen LogP contribution in [0.2, 0.25) is 0 Å². The van der Waals surface area contributed by atoms with Crippen LogP contribution in [0.25, 0.3) is 0 Å². The number of carbonyl (C=O) groups is 1. The minimum atomic E-state index is -5.08. The largest absolute Gasteiger partial charge is 0.490 e. The Bertz CT molecular complexity index is 1290. The molecule has 0 amide bonds. The van der Waals surface area contributed by atoms with Gasteiger partial charge in [-0.3, -0.25) is 0 Å². The van der Waals surface area contributed by atoms with E-state index in [4.69, 9.17) is 15.2 Å². The summed E-state index contributed by atoms with van der Waals surface area (Å²) in [4.78, 5) is 17.3. The van der Waals surface area contributed by atoms with E-state index in [0.29, 0.717) is 22.9 Å². The van der Waals surface area contributed by atoms with Gasteiger partial charge >= 0.3 is 12.1 Å². The minimum Gasteiger partial charge on any atom is -0.475 e. The van der Waals surface area contributed by atoms with Gasteiger partial charge in [0.15, 0.2) is 0 Å². The van der Waals surface area contributed by atoms with E-state index in [1.165, 1.54) is 25.5 Å². The second-order valence-electron chi connectivity index (χ2n) is 6.27. The number of carboxylic acids is 1. The number of sulfonamides is 1. The predicted molar refractivity (Wildman–Crippen MR) is 116 cm³/mol. The van der Waals surface area contributed by atoms with E-state index in [1.807, 2.05) is 0 Å². The van der Waals surface area contributed by atoms with Crippen LogP contribution in [0.5, 0.6) is 0 Å². The maximum Gasteiger partial charge on any atom is 0.490 e. The summed E-state index contributed by atoms with van der Waals surface area (Å²) in [7, 11) is -2.16. The number of rotatable bonds is 6. The highest BCUT2D eigenvalue weighted by atomic mass is 32.2. The van der Waals surface area contributed by atoms with Crippen molar-refractivity contribution < 1.29 is 31.5 Å². The number of nitrogens with one attached hydrogen (secondary N) is 3. The van der Waals surface area contributed by atoms with Gasteiger partial charge in [-0.2, -0.15) is 18.4 Å². The quantitative estimate of drug-likeness (QED) is 0.403. The highest BCUT2D eigenvalue weighted by molar-refractivity contribution is 7.89. The summed E-state index contributed by atoms with van der Waals surface area (Å²) in [6, 6.07) is 17.1. The molecule has 0 saturated carbocycles. The van der Waals surface area contributed by atoms with Gasteiger partial charge in [0.25, 0.3) is 0 Å². The molecule has 2 aromatic carbocycles. The number of anilines is 4. The molecule has 1 heterocycles. The number of aromatic nitrogens is 2. The average molecular weight is 494 g/mol. The smallest absolute Gasteiger partial charge is 0.475 e. The second kappa shape index (κ2) is 11.1. The Balaban J connectivity index is 0.000000509. The first-order valence-corrected chi connectivity index (χ1v) is 10.6. The van der Waals surface area contributed by atoms with Crippen molar-refractivity contribution >= 4 is 39.0 Å². The molecule has 0 unspecified atom stereocenters. The monoisotopic (exact) mass is 494 g/mol. The van der Waals surface area contributed by atoms with Gasteiger partial charge in [0.05, 0.1) is 16.5 Å². The molecule has 0 aliphatic rings. The van der Waals surface area contributed by atoms with Gasteiger partial charge in [-0.05, 0) is 49.5 Å². The lowest BCUT2D eigenvalue weighted by atomic mass is 10.2. The van der Waals surface area contributed by atoms with Gasteiger partial charge < -0.3 is 15.7 Å². The molecule has 3 aromatic rings. The average Bonchev–Trinajstić information content (AvgIpc) is 2.80. The molecule has 4 N–H and O–H groups in total. The van der Waals surface area contributed by atoms with E-state index < -0.39 is 22.2 Å². The number of hydrogen-bond donors (Lipinski definition) is 4. The summed E-state index contributed by atoms with van der Waals surface area (Å²) >= 11 is 0. The van der Waals surface area contributed by atoms with Crippen LogP contribution in [0.4, 0.5) is 36.2 Å². The number of benzene rings is 2. The van der Waals surface area contributed by atoms with Crippen LogP contribution >= 0.6 is 0 Å². The van der Waals surface area contributed by atoms with Crippen molar-refractivity contribution in [1.29, 1.82) is 5.26 Å². The standard InChI is InChI=1S/C18H16N6O2S.C2HF3O2/c1-20-27(25,26)16-4-2-3-15(9-16)24-18-10-17(21-12-22-18)23-14-7-5-13(11-19)6-8-14;3-2(4,5)1(6)7/h2-10,12,20H,1H3,(H2,21,22,23,24);(H,6,7). The Morgan fingerprint density at radius 1 is 1.00 bits per heavy atom. The first-order valence-electron chi connectivity index (χ1n) is 9.14. The molecule has 0 spiro atoms. The van der Waals surface area contributed by atoms with Gasteiger partial charge in [0, 0.05) is 17.4 Å². The summed E-state index contributed by atoms with van der Waals surface area (Å²) in [5.41, 5.74) is 1.93. The first-order chi connectivity index (χ1) is 15.9. The molecule has 0 saturated heterocycles. The third-order valence-corrected chi connectivity index (χ3v) is 5.29. The van der Waals surface area contributed by atoms with Crippen molar-refractivity contribution in [3.8, 4) is 6.07 Å². The van der Waals surface area contributed by atoms with Crippen molar-refractivity contribution in [2.75, 3.05) is 17.7 Å². The fourth-order valence-corrected chi connectivity index (χ4v) is 3.05. The van der Waals surface area contributed by atoms with Gasteiger partial charge in [0.1, 0.15) is 18.0 Å². The van der Waals surface area contributed by atoms with Crippen LogP contribution < -0.4 is 15.4 Å². The van der Waals surface area contributed by atoms with Crippen molar-refractivity contribution in [2.24, 2.45) is 0 Å². The number of carboxylic acid groups (broad SMARTS) is 1. The highest BCUT2D eigenvalue weighted by Gasteiger charge is 2.38. The number of nitriles is 1. The predicted octanol–water partition coefficient (Wildman–Crippen LogP) is 3.38. The summed E-state index contributed by atoms with van der Waals surface area (Å²) in [6.07, 6.45) is -3.69. The lowest BCUT2D eigenvalue weighted by Gasteiger charge is -2.10. The molecular weight excluding hydrogens is 477 g/mol. The normalized spacial score (nSPS) is 10.9. The van der Waals surface area contributed by atoms with Crippen LogP contribution in [-0.2, 0) is 14.8 Å². The topological polar surface area (TPSA) is 157 Å². The molecule has 0 fully saturated rings. The molecular formula is C20H17F3N6O4S. The Labute approximate surface area is 192 Å². The maximum absolute atomic E-state index is 11.9. The third-order valence-electron chi connectivity index (χ3n) is 3.88. The number of halogens is 3. The summed E-state index contributed by atoms with van der Waals surface area (Å²) in [5.74, 6) is -1.70. The minimum absolute atomic E-state index is 0.153. The summed E-state index contributed by atoms with van der Waals surface area (Å²) in [5, 5.41) is 22.1. The molecule has 34 heavy (non-hydrogen) atoms. The molecule has 1 aromatic heterocycles. The van der Waals surface area contributed by atoms with Gasteiger partial charge in [0.2, 0.25) is 10.0 Å². The number of alkyl halides is 3. The zero-order valence-corrected chi connectivity index (χ0v) is 18.1. The number of aliphatic carboxylic acids is 1. The van der Waals surface area contributed by atoms with Crippen molar-refractivity contribution in [3.05, 3.63) is 66.5 Å². The molecule has 178 valence electrons. The lowest BCUT2D eigenvalue weighted by Crippen LogP contribution is -2.21. The van der Waals surface area contributed by atoms with Crippen molar-refractivity contribution in [3.63, 3.8) is 0 Å². The number of hydrogen-bond acceptors (Lipinski definition) is 8. The zero-order chi connectivity index (χ0) is 25.4. The molecule has 14 heteroatoms. The fourth-order valence-electron chi connectivity index (χ4n) is 2.28. The number of nitrogens with zero attached hydrogens (tertiary/aromatic N) is 3. The summed E-state index contributed by atoms with van der Waals surface area (Å²) < 4.78 is 57.8. The van der Waals surface area contributed by atoms with Crippen LogP contribution in [0, 0.1) is 11.3 Å². The van der Waals surface area contributed by atoms with E-state index in [1.54, 1.807) is 42.5 Å². The molecule has 0 radical (unpaired) electrons. The Hall–Kier alpha value is -4.22. The highest BCUT2D eigenvalue weighted by Crippen LogP contribution is 2.21. The van der Waals surface area contributed by atoms with Gasteiger partial charge in [-0.25, -0.2) is 27.9 Å². The molecule has 0 atom stereocenters. The van der Waals surface area contributed by atoms with Crippen LogP contribution in [-0.4, -0.2) is 42.7 Å². The molecule has 3 rings (SSSR count). The van der Waals surface area contributed by atoms with Crippen LogP contribution in [0.1, 0.15) is 5.56 Å². The Kier molecular flexibility index (Phi) is 8.48.